The van der Waals surface area contributed by atoms with Gasteiger partial charge in [-0.3, -0.25) is 23.7 Å². The predicted molar refractivity (Wildman–Crippen MR) is 123 cm³/mol. The minimum Gasteiger partial charge on any atom is -0.390 e. The molecule has 16 nitrogen and oxygen atoms in total. The van der Waals surface area contributed by atoms with Crippen LogP contribution in [-0.4, -0.2) is 83.5 Å². The molecule has 17 heteroatoms. The first-order valence-corrected chi connectivity index (χ1v) is 12.7. The van der Waals surface area contributed by atoms with Crippen LogP contribution in [0.25, 0.3) is 10.4 Å². The first-order chi connectivity index (χ1) is 17.0. The van der Waals surface area contributed by atoms with Gasteiger partial charge in [0, 0.05) is 24.2 Å². The van der Waals surface area contributed by atoms with Gasteiger partial charge in [0.2, 0.25) is 5.91 Å². The maximum atomic E-state index is 12.2. The fraction of sp³-hybridized carbons (Fsp3) is 0.632. The second kappa shape index (κ2) is 13.9. The molecule has 36 heavy (non-hydrogen) atoms. The molecular weight excluding hydrogens is 503 g/mol. The molecule has 5 atom stereocenters. The van der Waals surface area contributed by atoms with E-state index in [4.69, 9.17) is 24.3 Å². The number of hydrogen-bond donors (Lipinski definition) is 4. The van der Waals surface area contributed by atoms with Crippen LogP contribution in [0, 0.1) is 11.8 Å². The quantitative estimate of drug-likeness (QED) is 0.0655. The van der Waals surface area contributed by atoms with Crippen LogP contribution >= 0.6 is 7.60 Å². The van der Waals surface area contributed by atoms with E-state index in [1.807, 2.05) is 0 Å². The molecule has 198 valence electrons. The molecule has 0 spiro atoms. The van der Waals surface area contributed by atoms with Gasteiger partial charge < -0.3 is 34.1 Å². The lowest BCUT2D eigenvalue weighted by Crippen LogP contribution is -2.34. The second-order valence-electron chi connectivity index (χ2n) is 7.55. The van der Waals surface area contributed by atoms with Crippen molar-refractivity contribution in [3.63, 3.8) is 0 Å². The van der Waals surface area contributed by atoms with E-state index in [1.54, 1.807) is 6.92 Å². The Morgan fingerprint density at radius 3 is 2.94 bits per heavy atom. The highest BCUT2D eigenvalue weighted by Crippen LogP contribution is 2.38. The number of H-pyrrole nitrogens is 1. The lowest BCUT2D eigenvalue weighted by atomic mass is 10.2. The molecule has 0 saturated carbocycles. The Morgan fingerprint density at radius 1 is 1.50 bits per heavy atom. The molecule has 0 radical (unpaired) electrons. The third kappa shape index (κ3) is 9.94. The summed E-state index contributed by atoms with van der Waals surface area (Å²) in [7, 11) is -3.78. The molecule has 1 fully saturated rings. The van der Waals surface area contributed by atoms with E-state index in [0.29, 0.717) is 0 Å². The number of carbonyl (C=O) groups excluding carboxylic acids is 1. The summed E-state index contributed by atoms with van der Waals surface area (Å²) in [5, 5.41) is 15.9. The Morgan fingerprint density at radius 2 is 2.25 bits per heavy atom. The molecule has 1 aromatic heterocycles. The molecule has 0 aromatic carbocycles. The Balaban J connectivity index is 1.88. The molecule has 0 aliphatic carbocycles. The number of aromatic nitrogens is 2. The zero-order chi connectivity index (χ0) is 26.7. The van der Waals surface area contributed by atoms with Crippen molar-refractivity contribution >= 4 is 13.5 Å². The smallest absolute Gasteiger partial charge is 0.330 e. The van der Waals surface area contributed by atoms with Crippen LogP contribution in [0.3, 0.4) is 0 Å². The Bertz CT molecular complexity index is 1180. The van der Waals surface area contributed by atoms with Crippen molar-refractivity contribution in [3.05, 3.63) is 43.0 Å². The van der Waals surface area contributed by atoms with E-state index >= 15 is 0 Å². The molecule has 1 aliphatic rings. The first-order valence-electron chi connectivity index (χ1n) is 10.6. The normalized spacial score (nSPS) is 21.5. The van der Waals surface area contributed by atoms with Crippen LogP contribution in [0.15, 0.2) is 20.9 Å². The zero-order valence-electron chi connectivity index (χ0n) is 19.5. The van der Waals surface area contributed by atoms with Crippen molar-refractivity contribution in [1.82, 2.24) is 14.9 Å². The Hall–Kier alpha value is -2.99. The van der Waals surface area contributed by atoms with E-state index in [2.05, 4.69) is 32.2 Å². The molecular formula is C19H27N6O10P. The Labute approximate surface area is 204 Å². The fourth-order valence-corrected chi connectivity index (χ4v) is 3.34. The van der Waals surface area contributed by atoms with E-state index in [9.17, 15) is 28.9 Å². The lowest BCUT2D eigenvalue weighted by Gasteiger charge is -2.17. The summed E-state index contributed by atoms with van der Waals surface area (Å²) in [4.78, 5) is 50.0. The van der Waals surface area contributed by atoms with Crippen molar-refractivity contribution in [2.24, 2.45) is 5.11 Å². The second-order valence-corrected chi connectivity index (χ2v) is 9.41. The molecule has 0 bridgehead atoms. The van der Waals surface area contributed by atoms with E-state index in [-0.39, 0.29) is 45.0 Å². The number of azide groups is 1. The molecule has 2 heterocycles. The fourth-order valence-electron chi connectivity index (χ4n) is 2.92. The maximum absolute atomic E-state index is 12.2. The molecule has 1 aliphatic heterocycles. The average Bonchev–Trinajstić information content (AvgIpc) is 3.16. The number of nitrogens with zero attached hydrogens (tertiary/aromatic N) is 4. The highest BCUT2D eigenvalue weighted by Gasteiger charge is 2.36. The van der Waals surface area contributed by atoms with Crippen molar-refractivity contribution < 1.29 is 38.1 Å². The van der Waals surface area contributed by atoms with Gasteiger partial charge in [-0.2, -0.15) is 0 Å². The number of carbonyl (C=O) groups is 1. The van der Waals surface area contributed by atoms with Crippen LogP contribution in [0.1, 0.15) is 25.1 Å². The van der Waals surface area contributed by atoms with Gasteiger partial charge in [-0.25, -0.2) is 4.79 Å². The van der Waals surface area contributed by atoms with E-state index in [0.717, 1.165) is 17.4 Å². The van der Waals surface area contributed by atoms with Gasteiger partial charge in [0.1, 0.15) is 30.7 Å². The maximum Gasteiger partial charge on any atom is 0.330 e. The average molecular weight is 530 g/mol. The molecule has 2 rings (SSSR count). The minimum absolute atomic E-state index is 0.0299. The lowest BCUT2D eigenvalue weighted by molar-refractivity contribution is -0.126. The third-order valence-electron chi connectivity index (χ3n) is 4.59. The van der Waals surface area contributed by atoms with Crippen LogP contribution < -0.4 is 16.6 Å². The van der Waals surface area contributed by atoms with Gasteiger partial charge in [0.15, 0.2) is 0 Å². The number of hydrogen-bond acceptors (Lipinski definition) is 10. The highest BCUT2D eigenvalue weighted by atomic mass is 31.2. The van der Waals surface area contributed by atoms with Crippen molar-refractivity contribution in [1.29, 1.82) is 0 Å². The van der Waals surface area contributed by atoms with Gasteiger partial charge in [-0.15, -0.1) is 0 Å². The van der Waals surface area contributed by atoms with Crippen LogP contribution in [0.2, 0.25) is 0 Å². The molecule has 1 saturated heterocycles. The summed E-state index contributed by atoms with van der Waals surface area (Å²) < 4.78 is 32.9. The highest BCUT2D eigenvalue weighted by molar-refractivity contribution is 7.51. The molecule has 1 amide bonds. The number of aromatic amines is 1. The minimum atomic E-state index is -3.78. The number of nitrogens with one attached hydrogen (secondary N) is 2. The summed E-state index contributed by atoms with van der Waals surface area (Å²) in [5.74, 6) is 4.66. The zero-order valence-corrected chi connectivity index (χ0v) is 20.4. The number of ether oxygens (including phenoxy) is 3. The van der Waals surface area contributed by atoms with Crippen LogP contribution in [0.4, 0.5) is 0 Å². The van der Waals surface area contributed by atoms with Gasteiger partial charge in [-0.1, -0.05) is 17.0 Å². The summed E-state index contributed by atoms with van der Waals surface area (Å²) in [5.41, 5.74) is 6.62. The molecule has 1 aromatic rings. The van der Waals surface area contributed by atoms with Gasteiger partial charge in [0.05, 0.1) is 32.5 Å². The number of amides is 1. The van der Waals surface area contributed by atoms with E-state index in [1.165, 1.54) is 0 Å². The third-order valence-corrected chi connectivity index (χ3v) is 5.22. The standard InChI is InChI=1S/C19H27N6O10P/c1-12(23-24-20)33-7-6-32-11-16(27)21-5-3-4-13-9-25(19(29)22-18(13)28)17-8-14(26)15(35-17)10-34-36(2,30)31/h9,12,14-15,17,26H,5-8,10-11H2,1-2H3,(H,21,27)(H,30,31)(H,22,28,29). The first kappa shape index (κ1) is 29.2. The number of rotatable bonds is 12. The monoisotopic (exact) mass is 530 g/mol. The summed E-state index contributed by atoms with van der Waals surface area (Å²) >= 11 is 0. The SMILES string of the molecule is CC(N=[N+]=[N-])OCCOCC(=O)NCC#Cc1cn(C2CC(O)C(COP(C)(=O)O)O2)c(=O)[nH]c1=O. The molecule has 4 N–H and O–H groups in total. The largest absolute Gasteiger partial charge is 0.390 e. The van der Waals surface area contributed by atoms with Gasteiger partial charge in [0.25, 0.3) is 5.56 Å². The van der Waals surface area contributed by atoms with Crippen LogP contribution in [0.5, 0.6) is 0 Å². The van der Waals surface area contributed by atoms with Crippen molar-refractivity contribution in [3.8, 4) is 11.8 Å². The van der Waals surface area contributed by atoms with Crippen LogP contribution in [-0.2, 0) is 28.1 Å². The molecule has 5 unspecified atom stereocenters. The predicted octanol–water partition coefficient (Wildman–Crippen LogP) is -0.826. The van der Waals surface area contributed by atoms with Gasteiger partial charge >= 0.3 is 13.3 Å². The van der Waals surface area contributed by atoms with Crippen molar-refractivity contribution in [2.45, 2.75) is 38.0 Å². The summed E-state index contributed by atoms with van der Waals surface area (Å²) in [6.07, 6.45) is -2.52. The van der Waals surface area contributed by atoms with Gasteiger partial charge in [-0.05, 0) is 12.5 Å². The number of aliphatic hydroxyl groups is 1. The summed E-state index contributed by atoms with van der Waals surface area (Å²) in [6, 6.07) is 0. The Kier molecular flexibility index (Phi) is 11.3. The van der Waals surface area contributed by atoms with Crippen molar-refractivity contribution in [2.75, 3.05) is 39.6 Å². The summed E-state index contributed by atoms with van der Waals surface area (Å²) in [6.45, 7) is 2.04. The number of aliphatic hydroxyl groups excluding tert-OH is 1. The topological polar surface area (TPSA) is 227 Å². The van der Waals surface area contributed by atoms with E-state index < -0.39 is 49.4 Å².